The molecule has 3 aromatic rings. The van der Waals surface area contributed by atoms with Crippen LogP contribution in [0.5, 0.6) is 5.75 Å². The Bertz CT molecular complexity index is 1120. The quantitative estimate of drug-likeness (QED) is 0.504. The highest BCUT2D eigenvalue weighted by Gasteiger charge is 2.35. The molecule has 1 aromatic heterocycles. The van der Waals surface area contributed by atoms with Gasteiger partial charge in [-0.2, -0.15) is 0 Å². The number of methoxy groups -OCH3 is 1. The number of ether oxygens (including phenoxy) is 1. The van der Waals surface area contributed by atoms with Gasteiger partial charge in [0.05, 0.1) is 18.0 Å². The van der Waals surface area contributed by atoms with Crippen LogP contribution in [-0.2, 0) is 28.9 Å². The molecular formula is C24H26ClNO3S. The number of thioether (sulfide) groups is 1. The van der Waals surface area contributed by atoms with Gasteiger partial charge in [-0.25, -0.2) is 0 Å². The largest absolute Gasteiger partial charge is 0.508 e. The lowest BCUT2D eigenvalue weighted by atomic mass is 9.87. The highest BCUT2D eigenvalue weighted by atomic mass is 35.5. The molecule has 0 radical (unpaired) electrons. The number of aromatic hydroxyl groups is 1. The molecule has 0 aliphatic carbocycles. The maximum atomic E-state index is 12.5. The normalized spacial score (nSPS) is 16.1. The molecule has 0 saturated carbocycles. The van der Waals surface area contributed by atoms with Crippen molar-refractivity contribution >= 4 is 40.2 Å². The molecule has 4 nitrogen and oxygen atoms in total. The summed E-state index contributed by atoms with van der Waals surface area (Å²) in [6, 6.07) is 11.6. The second kappa shape index (κ2) is 7.86. The van der Waals surface area contributed by atoms with Gasteiger partial charge in [-0.3, -0.25) is 4.79 Å². The molecule has 0 saturated heterocycles. The third-order valence-electron chi connectivity index (χ3n) is 5.78. The maximum Gasteiger partial charge on any atom is 0.311 e. The van der Waals surface area contributed by atoms with Gasteiger partial charge in [0.1, 0.15) is 5.75 Å². The van der Waals surface area contributed by atoms with Crippen LogP contribution in [0.15, 0.2) is 41.3 Å². The first-order valence-corrected chi connectivity index (χ1v) is 11.3. The van der Waals surface area contributed by atoms with Gasteiger partial charge in [-0.05, 0) is 50.1 Å². The molecule has 1 unspecified atom stereocenters. The van der Waals surface area contributed by atoms with E-state index in [4.69, 9.17) is 16.3 Å². The van der Waals surface area contributed by atoms with Crippen LogP contribution in [0.2, 0.25) is 5.02 Å². The lowest BCUT2D eigenvalue weighted by Gasteiger charge is -2.25. The molecule has 4 rings (SSSR count). The molecule has 1 atom stereocenters. The van der Waals surface area contributed by atoms with Crippen LogP contribution >= 0.6 is 23.4 Å². The van der Waals surface area contributed by atoms with Crippen molar-refractivity contribution in [2.45, 2.75) is 50.3 Å². The van der Waals surface area contributed by atoms with E-state index in [2.05, 4.69) is 11.5 Å². The Balaban J connectivity index is 1.93. The van der Waals surface area contributed by atoms with E-state index in [1.54, 1.807) is 6.07 Å². The predicted molar refractivity (Wildman–Crippen MR) is 123 cm³/mol. The minimum Gasteiger partial charge on any atom is -0.508 e. The van der Waals surface area contributed by atoms with Crippen LogP contribution in [0.25, 0.3) is 10.9 Å². The first-order valence-electron chi connectivity index (χ1n) is 10.1. The molecular weight excluding hydrogens is 418 g/mol. The Kier molecular flexibility index (Phi) is 5.54. The third kappa shape index (κ3) is 3.69. The maximum absolute atomic E-state index is 12.5. The zero-order valence-electron chi connectivity index (χ0n) is 17.7. The topological polar surface area (TPSA) is 51.5 Å². The van der Waals surface area contributed by atoms with E-state index in [0.717, 1.165) is 34.1 Å². The fourth-order valence-electron chi connectivity index (χ4n) is 4.27. The number of hydrogen-bond acceptors (Lipinski definition) is 4. The number of hydrogen-bond donors (Lipinski definition) is 1. The number of phenolic OH excluding ortho intramolecular Hbond substituents is 1. The molecule has 2 aromatic carbocycles. The summed E-state index contributed by atoms with van der Waals surface area (Å²) in [6.07, 6.45) is 1.38. The fourth-order valence-corrected chi connectivity index (χ4v) is 5.72. The fraction of sp³-hybridized carbons (Fsp3) is 0.375. The summed E-state index contributed by atoms with van der Waals surface area (Å²) in [7, 11) is 1.43. The van der Waals surface area contributed by atoms with Crippen LogP contribution in [-0.4, -0.2) is 28.0 Å². The van der Waals surface area contributed by atoms with E-state index in [0.29, 0.717) is 29.0 Å². The molecule has 2 heterocycles. The van der Waals surface area contributed by atoms with Crippen LogP contribution in [0, 0.1) is 5.41 Å². The Morgan fingerprint density at radius 3 is 2.63 bits per heavy atom. The number of halogens is 1. The minimum atomic E-state index is -0.666. The molecule has 1 aliphatic heterocycles. The van der Waals surface area contributed by atoms with Crippen molar-refractivity contribution in [2.24, 2.45) is 5.41 Å². The zero-order chi connectivity index (χ0) is 21.6. The number of benzene rings is 2. The van der Waals surface area contributed by atoms with Crippen molar-refractivity contribution in [1.29, 1.82) is 0 Å². The highest BCUT2D eigenvalue weighted by molar-refractivity contribution is 8.00. The van der Waals surface area contributed by atoms with Crippen molar-refractivity contribution in [2.75, 3.05) is 7.11 Å². The first kappa shape index (κ1) is 21.1. The van der Waals surface area contributed by atoms with E-state index < -0.39 is 5.41 Å². The zero-order valence-corrected chi connectivity index (χ0v) is 19.2. The van der Waals surface area contributed by atoms with Crippen LogP contribution in [0.1, 0.15) is 37.6 Å². The van der Waals surface area contributed by atoms with Gasteiger partial charge >= 0.3 is 5.97 Å². The summed E-state index contributed by atoms with van der Waals surface area (Å²) in [5.74, 6) is 0.119. The van der Waals surface area contributed by atoms with Gasteiger partial charge in [0.15, 0.2) is 0 Å². The van der Waals surface area contributed by atoms with E-state index in [9.17, 15) is 9.90 Å². The molecule has 0 spiro atoms. The van der Waals surface area contributed by atoms with Crippen molar-refractivity contribution in [3.05, 3.63) is 58.2 Å². The lowest BCUT2D eigenvalue weighted by molar-refractivity contribution is -0.150. The Morgan fingerprint density at radius 1 is 1.27 bits per heavy atom. The van der Waals surface area contributed by atoms with Crippen molar-refractivity contribution in [3.63, 3.8) is 0 Å². The summed E-state index contributed by atoms with van der Waals surface area (Å²) >= 11 is 7.91. The van der Waals surface area contributed by atoms with Gasteiger partial charge in [0, 0.05) is 44.8 Å². The van der Waals surface area contributed by atoms with Crippen molar-refractivity contribution < 1.29 is 14.6 Å². The number of phenols is 1. The van der Waals surface area contributed by atoms with Gasteiger partial charge < -0.3 is 14.4 Å². The number of aromatic nitrogens is 1. The van der Waals surface area contributed by atoms with E-state index in [-0.39, 0.29) is 5.97 Å². The molecule has 158 valence electrons. The Morgan fingerprint density at radius 2 is 1.97 bits per heavy atom. The van der Waals surface area contributed by atoms with E-state index in [1.807, 2.05) is 55.9 Å². The molecule has 1 N–H and O–H groups in total. The molecule has 1 aliphatic rings. The average Bonchev–Trinajstić information content (AvgIpc) is 2.98. The van der Waals surface area contributed by atoms with Gasteiger partial charge in [-0.1, -0.05) is 30.7 Å². The predicted octanol–water partition coefficient (Wildman–Crippen LogP) is 5.83. The molecule has 0 fully saturated rings. The summed E-state index contributed by atoms with van der Waals surface area (Å²) in [4.78, 5) is 13.6. The first-order chi connectivity index (χ1) is 14.2. The van der Waals surface area contributed by atoms with Crippen LogP contribution in [0.4, 0.5) is 0 Å². The Hall–Kier alpha value is -2.11. The second-order valence-electron chi connectivity index (χ2n) is 8.63. The SMILES string of the molecule is COC(=O)C(C)(C)Cc1c2c3c(c(O)ccc3n1Cc1ccc(Cl)cc1)CC(C)S2. The second-order valence-corrected chi connectivity index (χ2v) is 10.5. The van der Waals surface area contributed by atoms with Gasteiger partial charge in [0.2, 0.25) is 0 Å². The number of carbonyl (C=O) groups is 1. The van der Waals surface area contributed by atoms with Crippen LogP contribution < -0.4 is 0 Å². The Labute approximate surface area is 186 Å². The monoisotopic (exact) mass is 443 g/mol. The number of rotatable bonds is 5. The van der Waals surface area contributed by atoms with Gasteiger partial charge in [-0.15, -0.1) is 11.8 Å². The van der Waals surface area contributed by atoms with Gasteiger partial charge in [0.25, 0.3) is 0 Å². The lowest BCUT2D eigenvalue weighted by Crippen LogP contribution is -2.29. The number of carbonyl (C=O) groups excluding carboxylic acids is 1. The number of esters is 1. The molecule has 30 heavy (non-hydrogen) atoms. The van der Waals surface area contributed by atoms with E-state index in [1.165, 1.54) is 12.0 Å². The third-order valence-corrected chi connectivity index (χ3v) is 7.28. The van der Waals surface area contributed by atoms with Crippen LogP contribution in [0.3, 0.4) is 0 Å². The smallest absolute Gasteiger partial charge is 0.311 e. The highest BCUT2D eigenvalue weighted by Crippen LogP contribution is 2.47. The summed E-state index contributed by atoms with van der Waals surface area (Å²) in [5, 5.41) is 12.7. The molecule has 0 bridgehead atoms. The minimum absolute atomic E-state index is 0.227. The summed E-state index contributed by atoms with van der Waals surface area (Å²) < 4.78 is 7.36. The molecule has 0 amide bonds. The summed E-state index contributed by atoms with van der Waals surface area (Å²) in [5.41, 5.74) is 3.66. The molecule has 6 heteroatoms. The van der Waals surface area contributed by atoms with Crippen molar-refractivity contribution in [3.8, 4) is 5.75 Å². The van der Waals surface area contributed by atoms with E-state index >= 15 is 0 Å². The average molecular weight is 444 g/mol. The van der Waals surface area contributed by atoms with Crippen molar-refractivity contribution in [1.82, 2.24) is 4.57 Å². The standard InChI is InChI=1S/C24H26ClNO3S/c1-14-11-17-20(27)10-9-18-21(17)22(30-14)19(12-24(2,3)23(28)29-4)26(18)13-15-5-7-16(25)8-6-15/h5-10,14,27H,11-13H2,1-4H3. The number of nitrogens with zero attached hydrogens (tertiary/aromatic N) is 1. The summed E-state index contributed by atoms with van der Waals surface area (Å²) in [6.45, 7) is 6.69.